The van der Waals surface area contributed by atoms with Gasteiger partial charge >= 0.3 is 0 Å². The summed E-state index contributed by atoms with van der Waals surface area (Å²) in [6, 6.07) is 5.66. The molecule has 23 heavy (non-hydrogen) atoms. The number of anilines is 2. The molecule has 2 aromatic rings. The fourth-order valence-corrected chi connectivity index (χ4v) is 2.48. The van der Waals surface area contributed by atoms with Gasteiger partial charge in [0.15, 0.2) is 5.69 Å². The second-order valence-electron chi connectivity index (χ2n) is 4.97. The van der Waals surface area contributed by atoms with Crippen LogP contribution in [0.2, 0.25) is 5.02 Å². The van der Waals surface area contributed by atoms with Crippen LogP contribution in [0.25, 0.3) is 0 Å². The lowest BCUT2D eigenvalue weighted by molar-refractivity contribution is -0.117. The number of carbonyl (C=O) groups excluding carboxylic acids is 1. The number of hydrogen-bond donors (Lipinski definition) is 1. The first kappa shape index (κ1) is 15.2. The second kappa shape index (κ2) is 6.18. The van der Waals surface area contributed by atoms with Crippen LogP contribution in [0.15, 0.2) is 30.6 Å². The summed E-state index contributed by atoms with van der Waals surface area (Å²) in [5.41, 5.74) is 0.665. The maximum Gasteiger partial charge on any atom is 0.249 e. The molecule has 1 aromatic carbocycles. The van der Waals surface area contributed by atoms with Gasteiger partial charge in [-0.3, -0.25) is 4.79 Å². The van der Waals surface area contributed by atoms with E-state index in [0.29, 0.717) is 24.5 Å². The fourth-order valence-electron chi connectivity index (χ4n) is 2.36. The standard InChI is InChI=1S/C15H11ClFN5O/c16-11-2-1-10(5-12(11)17)22-4-3-13(15(22)23)21-14-8-19-9(6-18)7-20-14/h1-2,5,7-8,13H,3-4H2,(H,20,21)/t13-/m0/s1. The number of carbonyl (C=O) groups is 1. The molecule has 0 aliphatic carbocycles. The predicted molar refractivity (Wildman–Crippen MR) is 82.5 cm³/mol. The van der Waals surface area contributed by atoms with Crippen LogP contribution in [0, 0.1) is 17.1 Å². The molecule has 1 aliphatic rings. The number of aromatic nitrogens is 2. The van der Waals surface area contributed by atoms with Crippen molar-refractivity contribution in [3.05, 3.63) is 47.1 Å². The smallest absolute Gasteiger partial charge is 0.249 e. The summed E-state index contributed by atoms with van der Waals surface area (Å²) in [6.07, 6.45) is 3.27. The third-order valence-corrected chi connectivity index (χ3v) is 3.82. The van der Waals surface area contributed by atoms with Crippen molar-refractivity contribution in [1.29, 1.82) is 5.26 Å². The van der Waals surface area contributed by atoms with Crippen molar-refractivity contribution in [3.8, 4) is 6.07 Å². The molecular formula is C15H11ClFN5O. The Morgan fingerprint density at radius 1 is 1.39 bits per heavy atom. The van der Waals surface area contributed by atoms with Gasteiger partial charge in [-0.2, -0.15) is 5.26 Å². The highest BCUT2D eigenvalue weighted by molar-refractivity contribution is 6.30. The van der Waals surface area contributed by atoms with Gasteiger partial charge in [0, 0.05) is 12.2 Å². The molecule has 2 heterocycles. The quantitative estimate of drug-likeness (QED) is 0.933. The zero-order chi connectivity index (χ0) is 16.4. The van der Waals surface area contributed by atoms with E-state index in [-0.39, 0.29) is 16.6 Å². The van der Waals surface area contributed by atoms with Gasteiger partial charge in [-0.25, -0.2) is 14.4 Å². The van der Waals surface area contributed by atoms with E-state index >= 15 is 0 Å². The SMILES string of the molecule is N#Cc1cnc(N[C@H]2CCN(c3ccc(Cl)c(F)c3)C2=O)cn1. The van der Waals surface area contributed by atoms with Gasteiger partial charge in [0.05, 0.1) is 17.4 Å². The molecule has 8 heteroatoms. The minimum Gasteiger partial charge on any atom is -0.357 e. The molecule has 1 saturated heterocycles. The summed E-state index contributed by atoms with van der Waals surface area (Å²) in [5, 5.41) is 11.7. The van der Waals surface area contributed by atoms with E-state index in [0.717, 1.165) is 0 Å². The number of nitrogens with zero attached hydrogens (tertiary/aromatic N) is 4. The van der Waals surface area contributed by atoms with Crippen molar-refractivity contribution >= 4 is 29.0 Å². The molecule has 1 N–H and O–H groups in total. The molecule has 6 nitrogen and oxygen atoms in total. The van der Waals surface area contributed by atoms with E-state index in [1.165, 1.54) is 29.4 Å². The van der Waals surface area contributed by atoms with E-state index in [4.69, 9.17) is 16.9 Å². The number of rotatable bonds is 3. The number of amides is 1. The van der Waals surface area contributed by atoms with Crippen LogP contribution < -0.4 is 10.2 Å². The van der Waals surface area contributed by atoms with Crippen LogP contribution in [0.4, 0.5) is 15.9 Å². The zero-order valence-electron chi connectivity index (χ0n) is 11.8. The van der Waals surface area contributed by atoms with Crippen LogP contribution in [0.3, 0.4) is 0 Å². The number of nitriles is 1. The normalized spacial score (nSPS) is 17.2. The van der Waals surface area contributed by atoms with Crippen LogP contribution >= 0.6 is 11.6 Å². The van der Waals surface area contributed by atoms with Crippen LogP contribution in [-0.4, -0.2) is 28.5 Å². The van der Waals surface area contributed by atoms with Gasteiger partial charge in [-0.15, -0.1) is 0 Å². The molecule has 0 saturated carbocycles. The van der Waals surface area contributed by atoms with Gasteiger partial charge in [0.25, 0.3) is 0 Å². The first-order valence-corrected chi connectivity index (χ1v) is 7.21. The monoisotopic (exact) mass is 331 g/mol. The maximum atomic E-state index is 13.5. The molecule has 1 aliphatic heterocycles. The van der Waals surface area contributed by atoms with Crippen LogP contribution in [0.5, 0.6) is 0 Å². The van der Waals surface area contributed by atoms with Crippen molar-refractivity contribution in [2.45, 2.75) is 12.5 Å². The first-order chi connectivity index (χ1) is 11.1. The van der Waals surface area contributed by atoms with Gasteiger partial charge in [0.1, 0.15) is 23.7 Å². The summed E-state index contributed by atoms with van der Waals surface area (Å²) < 4.78 is 13.5. The average Bonchev–Trinajstić information content (AvgIpc) is 2.92. The first-order valence-electron chi connectivity index (χ1n) is 6.83. The number of hydrogen-bond acceptors (Lipinski definition) is 5. The summed E-state index contributed by atoms with van der Waals surface area (Å²) >= 11 is 5.66. The van der Waals surface area contributed by atoms with E-state index in [9.17, 15) is 9.18 Å². The molecule has 1 amide bonds. The molecular weight excluding hydrogens is 321 g/mol. The van der Waals surface area contributed by atoms with Crippen LogP contribution in [0.1, 0.15) is 12.1 Å². The lowest BCUT2D eigenvalue weighted by atomic mass is 10.2. The van der Waals surface area contributed by atoms with E-state index in [1.807, 2.05) is 6.07 Å². The Hall–Kier alpha value is -2.72. The minimum absolute atomic E-state index is 0.0166. The van der Waals surface area contributed by atoms with Crippen LogP contribution in [-0.2, 0) is 4.79 Å². The molecule has 1 atom stereocenters. The number of halogens is 2. The molecule has 0 radical (unpaired) electrons. The van der Waals surface area contributed by atoms with E-state index in [1.54, 1.807) is 6.07 Å². The molecule has 0 unspecified atom stereocenters. The summed E-state index contributed by atoms with van der Waals surface area (Å²) in [6.45, 7) is 0.460. The molecule has 1 fully saturated rings. The Morgan fingerprint density at radius 3 is 2.87 bits per heavy atom. The third-order valence-electron chi connectivity index (χ3n) is 3.51. The Labute approximate surface area is 136 Å². The lowest BCUT2D eigenvalue weighted by Gasteiger charge is -2.17. The van der Waals surface area contributed by atoms with Crippen molar-refractivity contribution < 1.29 is 9.18 Å². The highest BCUT2D eigenvalue weighted by Gasteiger charge is 2.33. The molecule has 3 rings (SSSR count). The molecule has 0 spiro atoms. The van der Waals surface area contributed by atoms with Crippen molar-refractivity contribution in [1.82, 2.24) is 9.97 Å². The molecule has 0 bridgehead atoms. The van der Waals surface area contributed by atoms with Gasteiger partial charge in [0.2, 0.25) is 5.91 Å². The summed E-state index contributed by atoms with van der Waals surface area (Å²) in [5.74, 6) is -0.337. The van der Waals surface area contributed by atoms with Crippen molar-refractivity contribution in [2.75, 3.05) is 16.8 Å². The number of nitrogens with one attached hydrogen (secondary N) is 1. The van der Waals surface area contributed by atoms with Gasteiger partial charge in [-0.05, 0) is 24.6 Å². The zero-order valence-corrected chi connectivity index (χ0v) is 12.6. The van der Waals surface area contributed by atoms with Gasteiger partial charge < -0.3 is 10.2 Å². The second-order valence-corrected chi connectivity index (χ2v) is 5.38. The number of benzene rings is 1. The van der Waals surface area contributed by atoms with E-state index in [2.05, 4.69) is 15.3 Å². The Morgan fingerprint density at radius 2 is 2.22 bits per heavy atom. The van der Waals surface area contributed by atoms with Crippen molar-refractivity contribution in [2.24, 2.45) is 0 Å². The topological polar surface area (TPSA) is 81.9 Å². The maximum absolute atomic E-state index is 13.5. The summed E-state index contributed by atoms with van der Waals surface area (Å²) in [7, 11) is 0. The fraction of sp³-hybridized carbons (Fsp3) is 0.200. The molecule has 1 aromatic heterocycles. The van der Waals surface area contributed by atoms with Gasteiger partial charge in [-0.1, -0.05) is 11.6 Å². The predicted octanol–water partition coefficient (Wildman–Crippen LogP) is 2.36. The minimum atomic E-state index is -0.564. The highest BCUT2D eigenvalue weighted by atomic mass is 35.5. The largest absolute Gasteiger partial charge is 0.357 e. The Balaban J connectivity index is 1.73. The molecule has 116 valence electrons. The van der Waals surface area contributed by atoms with E-state index < -0.39 is 11.9 Å². The Bertz CT molecular complexity index is 789. The Kier molecular flexibility index (Phi) is 4.08. The average molecular weight is 332 g/mol. The third kappa shape index (κ3) is 3.07. The summed E-state index contributed by atoms with van der Waals surface area (Å²) in [4.78, 5) is 21.8. The highest BCUT2D eigenvalue weighted by Crippen LogP contribution is 2.26. The lowest BCUT2D eigenvalue weighted by Crippen LogP contribution is -2.33. The van der Waals surface area contributed by atoms with Crippen molar-refractivity contribution in [3.63, 3.8) is 0 Å².